The van der Waals surface area contributed by atoms with E-state index in [-0.39, 0.29) is 12.0 Å². The first-order valence-electron chi connectivity index (χ1n) is 11.6. The average molecular weight is 409 g/mol. The number of fused-ring (bicyclic) bond motifs is 3. The van der Waals surface area contributed by atoms with Crippen molar-refractivity contribution in [2.45, 2.75) is 91.6 Å². The van der Waals surface area contributed by atoms with Crippen LogP contribution in [0.15, 0.2) is 0 Å². The molecule has 0 aromatic heterocycles. The summed E-state index contributed by atoms with van der Waals surface area (Å²) in [5.74, 6) is 1.76. The number of hydrogen-bond donors (Lipinski definition) is 2. The fourth-order valence-corrected chi connectivity index (χ4v) is 7.37. The molecule has 0 amide bonds. The summed E-state index contributed by atoms with van der Waals surface area (Å²) in [5.41, 5.74) is 0.204. The van der Waals surface area contributed by atoms with Gasteiger partial charge in [-0.25, -0.2) is 4.79 Å². The van der Waals surface area contributed by atoms with Gasteiger partial charge in [-0.3, -0.25) is 4.79 Å². The highest BCUT2D eigenvalue weighted by molar-refractivity contribution is 5.80. The van der Waals surface area contributed by atoms with Gasteiger partial charge in [0.2, 0.25) is 0 Å². The summed E-state index contributed by atoms with van der Waals surface area (Å²) >= 11 is 0. The van der Waals surface area contributed by atoms with Gasteiger partial charge in [-0.05, 0) is 80.0 Å². The van der Waals surface area contributed by atoms with Crippen LogP contribution in [0.2, 0.25) is 0 Å². The van der Waals surface area contributed by atoms with Crippen molar-refractivity contribution < 1.29 is 24.5 Å². The van der Waals surface area contributed by atoms with Gasteiger partial charge in [0.15, 0.2) is 6.10 Å². The summed E-state index contributed by atoms with van der Waals surface area (Å²) < 4.78 is 5.47. The molecule has 3 saturated carbocycles. The molecule has 3 rings (SSSR count). The number of aliphatic hydroxyl groups is 1. The highest BCUT2D eigenvalue weighted by Gasteiger charge is 2.57. The van der Waals surface area contributed by atoms with Crippen molar-refractivity contribution in [3.05, 3.63) is 0 Å². The molecule has 29 heavy (non-hydrogen) atoms. The van der Waals surface area contributed by atoms with E-state index in [0.717, 1.165) is 36.5 Å². The Labute approximate surface area is 175 Å². The van der Waals surface area contributed by atoms with Crippen molar-refractivity contribution in [1.29, 1.82) is 0 Å². The second-order valence-electron chi connectivity index (χ2n) is 11.0. The lowest BCUT2D eigenvalue weighted by molar-refractivity contribution is -0.172. The summed E-state index contributed by atoms with van der Waals surface area (Å²) in [6, 6.07) is 0. The van der Waals surface area contributed by atoms with E-state index in [1.54, 1.807) is 0 Å². The van der Waals surface area contributed by atoms with Gasteiger partial charge >= 0.3 is 11.9 Å². The Morgan fingerprint density at radius 2 is 1.83 bits per heavy atom. The molecule has 3 aliphatic rings. The Balaban J connectivity index is 1.69. The van der Waals surface area contributed by atoms with Crippen molar-refractivity contribution in [1.82, 2.24) is 0 Å². The lowest BCUT2D eigenvalue weighted by atomic mass is 9.44. The maximum Gasteiger partial charge on any atom is 0.335 e. The van der Waals surface area contributed by atoms with Crippen LogP contribution in [0.3, 0.4) is 0 Å². The van der Waals surface area contributed by atoms with Gasteiger partial charge < -0.3 is 14.9 Å². The summed E-state index contributed by atoms with van der Waals surface area (Å²) in [6.07, 6.45) is 7.77. The van der Waals surface area contributed by atoms with Crippen molar-refractivity contribution in [3.8, 4) is 0 Å². The molecule has 0 radical (unpaired) electrons. The minimum atomic E-state index is -1.58. The Morgan fingerprint density at radius 3 is 2.48 bits per heavy atom. The highest BCUT2D eigenvalue weighted by atomic mass is 16.5. The van der Waals surface area contributed by atoms with E-state index >= 15 is 0 Å². The van der Waals surface area contributed by atoms with Crippen LogP contribution >= 0.6 is 0 Å². The number of esters is 1. The maximum atomic E-state index is 12.1. The summed E-state index contributed by atoms with van der Waals surface area (Å²) in [6.45, 7) is 9.75. The Bertz CT molecular complexity index is 616. The van der Waals surface area contributed by atoms with Gasteiger partial charge in [-0.2, -0.15) is 0 Å². The van der Waals surface area contributed by atoms with E-state index in [0.29, 0.717) is 11.3 Å². The van der Waals surface area contributed by atoms with Crippen molar-refractivity contribution in [2.75, 3.05) is 6.61 Å². The molecule has 0 aromatic carbocycles. The van der Waals surface area contributed by atoms with Gasteiger partial charge in [0.1, 0.15) is 0 Å². The molecule has 5 heteroatoms. The summed E-state index contributed by atoms with van der Waals surface area (Å²) in [4.78, 5) is 22.8. The van der Waals surface area contributed by atoms with Gasteiger partial charge in [-0.15, -0.1) is 0 Å². The number of carboxylic acid groups (broad SMARTS) is 1. The molecular weight excluding hydrogens is 368 g/mol. The van der Waals surface area contributed by atoms with Gasteiger partial charge in [0, 0.05) is 5.41 Å². The molecule has 0 aromatic rings. The Kier molecular flexibility index (Phi) is 6.67. The van der Waals surface area contributed by atoms with Crippen LogP contribution in [-0.4, -0.2) is 34.9 Å². The van der Waals surface area contributed by atoms with Crippen LogP contribution in [0, 0.1) is 40.4 Å². The summed E-state index contributed by atoms with van der Waals surface area (Å²) in [5, 5.41) is 18.5. The normalized spacial score (nSPS) is 40.6. The molecule has 0 bridgehead atoms. The molecule has 0 saturated heterocycles. The predicted octanol–water partition coefficient (Wildman–Crippen LogP) is 4.66. The van der Waals surface area contributed by atoms with E-state index in [9.17, 15) is 14.7 Å². The highest BCUT2D eigenvalue weighted by Crippen LogP contribution is 2.64. The number of aliphatic carboxylic acids is 1. The average Bonchev–Trinajstić information content (AvgIpc) is 2.65. The molecule has 166 valence electrons. The maximum absolute atomic E-state index is 12.1. The molecule has 0 heterocycles. The summed E-state index contributed by atoms with van der Waals surface area (Å²) in [7, 11) is 0. The second-order valence-corrected chi connectivity index (χ2v) is 11.0. The number of carbonyl (C=O) groups excluding carboxylic acids is 1. The molecule has 0 spiro atoms. The van der Waals surface area contributed by atoms with E-state index in [1.807, 2.05) is 0 Å². The second kappa shape index (κ2) is 8.56. The first-order chi connectivity index (χ1) is 13.6. The number of carboxylic acids is 1. The number of ether oxygens (including phenoxy) is 1. The van der Waals surface area contributed by atoms with Crippen molar-refractivity contribution >= 4 is 11.9 Å². The zero-order valence-electron chi connectivity index (χ0n) is 18.7. The molecular formula is C24H40O5. The minimum absolute atomic E-state index is 0.0918. The molecule has 7 atom stereocenters. The van der Waals surface area contributed by atoms with Gasteiger partial charge in [-0.1, -0.05) is 34.1 Å². The predicted molar refractivity (Wildman–Crippen MR) is 111 cm³/mol. The monoisotopic (exact) mass is 408 g/mol. The fraction of sp³-hybridized carbons (Fsp3) is 0.917. The Morgan fingerprint density at radius 1 is 1.10 bits per heavy atom. The quantitative estimate of drug-likeness (QED) is 0.625. The topological polar surface area (TPSA) is 83.8 Å². The SMILES string of the molecule is CC(C)C1CCC2C(CCC3C(C)(COC(=O)C(O)CC(=O)O)CCCC23C)C1. The van der Waals surface area contributed by atoms with E-state index in [4.69, 9.17) is 9.84 Å². The van der Waals surface area contributed by atoms with Crippen LogP contribution in [0.1, 0.15) is 85.5 Å². The molecule has 2 N–H and O–H groups in total. The number of aliphatic hydroxyl groups excluding tert-OH is 1. The van der Waals surface area contributed by atoms with E-state index in [1.165, 1.54) is 38.5 Å². The van der Waals surface area contributed by atoms with Gasteiger partial charge in [0.05, 0.1) is 13.0 Å². The number of rotatable bonds is 6. The Hall–Kier alpha value is -1.10. The van der Waals surface area contributed by atoms with Crippen LogP contribution in [0.25, 0.3) is 0 Å². The third kappa shape index (κ3) is 4.50. The third-order valence-corrected chi connectivity index (χ3v) is 8.92. The zero-order valence-corrected chi connectivity index (χ0v) is 18.7. The van der Waals surface area contributed by atoms with Crippen LogP contribution < -0.4 is 0 Å². The molecule has 7 unspecified atom stereocenters. The zero-order chi connectivity index (χ0) is 21.4. The van der Waals surface area contributed by atoms with Crippen LogP contribution in [-0.2, 0) is 14.3 Å². The number of carbonyl (C=O) groups is 2. The minimum Gasteiger partial charge on any atom is -0.481 e. The smallest absolute Gasteiger partial charge is 0.335 e. The fourth-order valence-electron chi connectivity index (χ4n) is 7.37. The van der Waals surface area contributed by atoms with Crippen molar-refractivity contribution in [2.24, 2.45) is 40.4 Å². The largest absolute Gasteiger partial charge is 0.481 e. The standard InChI is InChI=1S/C24H40O5/c1-15(2)16-6-8-18-17(12-16)7-9-20-23(3,10-5-11-24(18,20)4)14-29-22(28)19(25)13-21(26)27/h15-20,25H,5-14H2,1-4H3,(H,26,27). The molecule has 0 aliphatic heterocycles. The third-order valence-electron chi connectivity index (χ3n) is 8.92. The molecule has 5 nitrogen and oxygen atoms in total. The molecule has 3 aliphatic carbocycles. The van der Waals surface area contributed by atoms with Gasteiger partial charge in [0.25, 0.3) is 0 Å². The lowest BCUT2D eigenvalue weighted by Gasteiger charge is -2.61. The first kappa shape index (κ1) is 22.6. The van der Waals surface area contributed by atoms with Crippen LogP contribution in [0.4, 0.5) is 0 Å². The number of hydrogen-bond acceptors (Lipinski definition) is 4. The van der Waals surface area contributed by atoms with E-state index in [2.05, 4.69) is 27.7 Å². The van der Waals surface area contributed by atoms with Crippen molar-refractivity contribution in [3.63, 3.8) is 0 Å². The van der Waals surface area contributed by atoms with Crippen LogP contribution in [0.5, 0.6) is 0 Å². The molecule has 3 fully saturated rings. The van der Waals surface area contributed by atoms with E-state index < -0.39 is 24.5 Å². The lowest BCUT2D eigenvalue weighted by Crippen LogP contribution is -2.55. The first-order valence-corrected chi connectivity index (χ1v) is 11.6.